The van der Waals surface area contributed by atoms with Crippen LogP contribution in [0.1, 0.15) is 27.2 Å². The van der Waals surface area contributed by atoms with Gasteiger partial charge in [0, 0.05) is 15.4 Å². The average Bonchev–Trinajstić information content (AvgIpc) is 2.63. The number of thiazole rings is 1. The normalized spacial score (nSPS) is 12.7. The van der Waals surface area contributed by atoms with E-state index in [2.05, 4.69) is 20.9 Å². The van der Waals surface area contributed by atoms with Crippen LogP contribution in [-0.2, 0) is 6.42 Å². The Morgan fingerprint density at radius 3 is 2.78 bits per heavy atom. The Morgan fingerprint density at radius 2 is 2.17 bits per heavy atom. The topological polar surface area (TPSA) is 38.9 Å². The molecule has 0 amide bonds. The molecule has 2 aromatic rings. The second kappa shape index (κ2) is 5.47. The zero-order valence-corrected chi connectivity index (χ0v) is 12.6. The molecule has 1 atom stereocenters. The standard InChI is InChI=1S/C13H14BrFN2S/c1-7-13(18-8(2)17-7)12(16)6-9-5-10(15)3-4-11(9)14/h3-5,12H,6,16H2,1-2H3. The summed E-state index contributed by atoms with van der Waals surface area (Å²) in [7, 11) is 0. The van der Waals surface area contributed by atoms with Crippen molar-refractivity contribution >= 4 is 27.3 Å². The lowest BCUT2D eigenvalue weighted by Gasteiger charge is -2.12. The van der Waals surface area contributed by atoms with Crippen LogP contribution in [0.5, 0.6) is 0 Å². The lowest BCUT2D eigenvalue weighted by atomic mass is 10.0. The smallest absolute Gasteiger partial charge is 0.123 e. The van der Waals surface area contributed by atoms with E-state index in [1.54, 1.807) is 17.4 Å². The largest absolute Gasteiger partial charge is 0.323 e. The summed E-state index contributed by atoms with van der Waals surface area (Å²) in [5.74, 6) is -0.238. The van der Waals surface area contributed by atoms with Crippen molar-refractivity contribution < 1.29 is 4.39 Å². The summed E-state index contributed by atoms with van der Waals surface area (Å²) in [6, 6.07) is 4.52. The number of halogens is 2. The van der Waals surface area contributed by atoms with E-state index in [4.69, 9.17) is 5.73 Å². The summed E-state index contributed by atoms with van der Waals surface area (Å²) in [6.45, 7) is 3.92. The van der Waals surface area contributed by atoms with Gasteiger partial charge in [0.1, 0.15) is 5.82 Å². The fourth-order valence-electron chi connectivity index (χ4n) is 1.92. The van der Waals surface area contributed by atoms with E-state index in [0.29, 0.717) is 6.42 Å². The first-order chi connectivity index (χ1) is 8.47. The van der Waals surface area contributed by atoms with Crippen molar-refractivity contribution in [2.24, 2.45) is 5.73 Å². The van der Waals surface area contributed by atoms with Gasteiger partial charge in [0.15, 0.2) is 0 Å². The summed E-state index contributed by atoms with van der Waals surface area (Å²) >= 11 is 5.03. The van der Waals surface area contributed by atoms with Gasteiger partial charge < -0.3 is 5.73 Å². The number of rotatable bonds is 3. The Bertz CT molecular complexity index is 568. The van der Waals surface area contributed by atoms with E-state index >= 15 is 0 Å². The second-order valence-corrected chi connectivity index (χ2v) is 6.32. The molecular formula is C13H14BrFN2S. The Kier molecular flexibility index (Phi) is 4.14. The van der Waals surface area contributed by atoms with E-state index in [1.165, 1.54) is 12.1 Å². The van der Waals surface area contributed by atoms with Gasteiger partial charge in [0.25, 0.3) is 0 Å². The molecule has 0 bridgehead atoms. The van der Waals surface area contributed by atoms with Crippen LogP contribution in [0.4, 0.5) is 4.39 Å². The first-order valence-corrected chi connectivity index (χ1v) is 7.21. The molecule has 2 rings (SSSR count). The molecule has 0 radical (unpaired) electrons. The van der Waals surface area contributed by atoms with Gasteiger partial charge in [-0.2, -0.15) is 0 Å². The molecule has 0 aliphatic carbocycles. The molecule has 0 saturated heterocycles. The molecule has 0 spiro atoms. The van der Waals surface area contributed by atoms with Crippen molar-refractivity contribution in [1.29, 1.82) is 0 Å². The van der Waals surface area contributed by atoms with Crippen molar-refractivity contribution in [1.82, 2.24) is 4.98 Å². The van der Waals surface area contributed by atoms with Crippen LogP contribution in [0.2, 0.25) is 0 Å². The molecule has 5 heteroatoms. The van der Waals surface area contributed by atoms with Gasteiger partial charge in [-0.3, -0.25) is 0 Å². The molecule has 18 heavy (non-hydrogen) atoms. The van der Waals surface area contributed by atoms with Crippen LogP contribution in [-0.4, -0.2) is 4.98 Å². The van der Waals surface area contributed by atoms with Crippen LogP contribution in [0.25, 0.3) is 0 Å². The van der Waals surface area contributed by atoms with E-state index < -0.39 is 0 Å². The monoisotopic (exact) mass is 328 g/mol. The molecule has 0 aliphatic rings. The van der Waals surface area contributed by atoms with Crippen LogP contribution in [0, 0.1) is 19.7 Å². The minimum absolute atomic E-state index is 0.144. The van der Waals surface area contributed by atoms with Crippen molar-refractivity contribution in [3.8, 4) is 0 Å². The highest BCUT2D eigenvalue weighted by atomic mass is 79.9. The summed E-state index contributed by atoms with van der Waals surface area (Å²) in [6.07, 6.45) is 0.598. The zero-order chi connectivity index (χ0) is 13.3. The lowest BCUT2D eigenvalue weighted by Crippen LogP contribution is -2.13. The van der Waals surface area contributed by atoms with Crippen molar-refractivity contribution in [2.75, 3.05) is 0 Å². The highest BCUT2D eigenvalue weighted by Gasteiger charge is 2.15. The molecule has 1 unspecified atom stereocenters. The third kappa shape index (κ3) is 2.96. The van der Waals surface area contributed by atoms with Crippen molar-refractivity contribution in [3.05, 3.63) is 49.6 Å². The Labute approximate surface area is 118 Å². The first kappa shape index (κ1) is 13.6. The molecule has 2 nitrogen and oxygen atoms in total. The van der Waals surface area contributed by atoms with E-state index in [1.807, 2.05) is 13.8 Å². The first-order valence-electron chi connectivity index (χ1n) is 5.61. The summed E-state index contributed by atoms with van der Waals surface area (Å²) in [5.41, 5.74) is 8.04. The molecule has 0 fully saturated rings. The summed E-state index contributed by atoms with van der Waals surface area (Å²) in [5, 5.41) is 1.01. The lowest BCUT2D eigenvalue weighted by molar-refractivity contribution is 0.621. The third-order valence-corrected chi connectivity index (χ3v) is 4.70. The van der Waals surface area contributed by atoms with E-state index in [-0.39, 0.29) is 11.9 Å². The van der Waals surface area contributed by atoms with Gasteiger partial charge >= 0.3 is 0 Å². The maximum atomic E-state index is 13.2. The fraction of sp³-hybridized carbons (Fsp3) is 0.308. The maximum Gasteiger partial charge on any atom is 0.123 e. The molecule has 0 aliphatic heterocycles. The maximum absolute atomic E-state index is 13.2. The van der Waals surface area contributed by atoms with Crippen LogP contribution < -0.4 is 5.73 Å². The molecule has 1 aromatic carbocycles. The van der Waals surface area contributed by atoms with Gasteiger partial charge in [0.2, 0.25) is 0 Å². The fourth-order valence-corrected chi connectivity index (χ4v) is 3.26. The van der Waals surface area contributed by atoms with Gasteiger partial charge in [-0.25, -0.2) is 9.37 Å². The average molecular weight is 329 g/mol. The van der Waals surface area contributed by atoms with Crippen molar-refractivity contribution in [3.63, 3.8) is 0 Å². The van der Waals surface area contributed by atoms with E-state index in [9.17, 15) is 4.39 Å². The molecular weight excluding hydrogens is 315 g/mol. The minimum Gasteiger partial charge on any atom is -0.323 e. The molecule has 1 aromatic heterocycles. The number of nitrogens with zero attached hydrogens (tertiary/aromatic N) is 1. The van der Waals surface area contributed by atoms with Gasteiger partial charge in [0.05, 0.1) is 10.7 Å². The van der Waals surface area contributed by atoms with Gasteiger partial charge in [-0.05, 0) is 44.0 Å². The number of benzene rings is 1. The zero-order valence-electron chi connectivity index (χ0n) is 10.2. The third-order valence-electron chi connectivity index (χ3n) is 2.72. The molecule has 0 saturated carbocycles. The number of hydrogen-bond acceptors (Lipinski definition) is 3. The molecule has 2 N–H and O–H groups in total. The highest BCUT2D eigenvalue weighted by Crippen LogP contribution is 2.28. The molecule has 1 heterocycles. The predicted octanol–water partition coefficient (Wildman–Crippen LogP) is 3.90. The van der Waals surface area contributed by atoms with Crippen LogP contribution in [0.15, 0.2) is 22.7 Å². The Hall–Kier alpha value is -0.780. The van der Waals surface area contributed by atoms with Crippen molar-refractivity contribution in [2.45, 2.75) is 26.3 Å². The summed E-state index contributed by atoms with van der Waals surface area (Å²) in [4.78, 5) is 5.44. The SMILES string of the molecule is Cc1nc(C)c(C(N)Cc2cc(F)ccc2Br)s1. The highest BCUT2D eigenvalue weighted by molar-refractivity contribution is 9.10. The predicted molar refractivity (Wildman–Crippen MR) is 76.3 cm³/mol. The number of hydrogen-bond donors (Lipinski definition) is 1. The second-order valence-electron chi connectivity index (χ2n) is 4.23. The number of aromatic nitrogens is 1. The molecule has 96 valence electrons. The van der Waals surface area contributed by atoms with Gasteiger partial charge in [-0.1, -0.05) is 15.9 Å². The Balaban J connectivity index is 2.23. The summed E-state index contributed by atoms with van der Waals surface area (Å²) < 4.78 is 14.1. The Morgan fingerprint density at radius 1 is 1.44 bits per heavy atom. The number of aryl methyl sites for hydroxylation is 2. The number of nitrogens with two attached hydrogens (primary N) is 1. The van der Waals surface area contributed by atoms with Gasteiger partial charge in [-0.15, -0.1) is 11.3 Å². The quantitative estimate of drug-likeness (QED) is 0.927. The van der Waals surface area contributed by atoms with E-state index in [0.717, 1.165) is 25.6 Å². The van der Waals surface area contributed by atoms with Crippen LogP contribution >= 0.6 is 27.3 Å². The van der Waals surface area contributed by atoms with Crippen LogP contribution in [0.3, 0.4) is 0 Å². The minimum atomic E-state index is -0.238.